The number of rotatable bonds is 2. The first-order chi connectivity index (χ1) is 9.54. The van der Waals surface area contributed by atoms with Crippen LogP contribution in [0.1, 0.15) is 5.56 Å². The van der Waals surface area contributed by atoms with Gasteiger partial charge >= 0.3 is 129 Å². The summed E-state index contributed by atoms with van der Waals surface area (Å²) in [5, 5.41) is 10.8. The standard InChI is InChI=1S/C14H9BrN2O2Se/c1-8-6-9(2-4-12(8)17(18)19)14-16-11-7-10(15)3-5-13(11)20-14/h2-7H,1H3. The van der Waals surface area contributed by atoms with Gasteiger partial charge in [0.2, 0.25) is 0 Å². The predicted octanol–water partition coefficient (Wildman–Crippen LogP) is 3.94. The summed E-state index contributed by atoms with van der Waals surface area (Å²) in [6.07, 6.45) is 0. The number of hydrogen-bond donors (Lipinski definition) is 0. The number of nitro benzene ring substituents is 1. The van der Waals surface area contributed by atoms with Gasteiger partial charge in [-0.3, -0.25) is 0 Å². The Labute approximate surface area is 129 Å². The summed E-state index contributed by atoms with van der Waals surface area (Å²) in [6, 6.07) is 11.3. The van der Waals surface area contributed by atoms with Crippen LogP contribution in [0.2, 0.25) is 0 Å². The van der Waals surface area contributed by atoms with Gasteiger partial charge in [0.25, 0.3) is 0 Å². The molecule has 0 unspecified atom stereocenters. The van der Waals surface area contributed by atoms with Gasteiger partial charge in [0.15, 0.2) is 0 Å². The first-order valence-corrected chi connectivity index (χ1v) is 8.37. The van der Waals surface area contributed by atoms with Crippen LogP contribution in [0.4, 0.5) is 5.69 Å². The molecule has 0 bridgehead atoms. The molecule has 0 N–H and O–H groups in total. The molecule has 0 saturated carbocycles. The van der Waals surface area contributed by atoms with Crippen LogP contribution in [0.3, 0.4) is 0 Å². The zero-order chi connectivity index (χ0) is 14.3. The molecule has 3 rings (SSSR count). The van der Waals surface area contributed by atoms with Gasteiger partial charge in [0.05, 0.1) is 0 Å². The third kappa shape index (κ3) is 2.42. The summed E-state index contributed by atoms with van der Waals surface area (Å²) >= 11 is 3.59. The maximum absolute atomic E-state index is 10.8. The SMILES string of the molecule is Cc1cc(-c2nc3cc(Br)ccc3[se]2)ccc1[N+](=O)[O-]. The minimum absolute atomic E-state index is 0.151. The Kier molecular flexibility index (Phi) is 3.46. The van der Waals surface area contributed by atoms with E-state index in [9.17, 15) is 10.1 Å². The molecule has 0 atom stereocenters. The van der Waals surface area contributed by atoms with E-state index in [0.717, 1.165) is 20.1 Å². The van der Waals surface area contributed by atoms with Gasteiger partial charge in [-0.1, -0.05) is 0 Å². The molecule has 1 aromatic heterocycles. The molecule has 6 heteroatoms. The van der Waals surface area contributed by atoms with Crippen LogP contribution in [-0.4, -0.2) is 24.4 Å². The molecule has 0 fully saturated rings. The van der Waals surface area contributed by atoms with E-state index in [2.05, 4.69) is 27.0 Å². The Bertz CT molecular complexity index is 829. The average molecular weight is 396 g/mol. The van der Waals surface area contributed by atoms with E-state index in [1.54, 1.807) is 19.1 Å². The fourth-order valence-corrected chi connectivity index (χ4v) is 4.34. The van der Waals surface area contributed by atoms with Crippen molar-refractivity contribution in [2.24, 2.45) is 0 Å². The molecule has 1 heterocycles. The fourth-order valence-electron chi connectivity index (χ4n) is 2.02. The Morgan fingerprint density at radius 1 is 1.25 bits per heavy atom. The molecule has 100 valence electrons. The molecule has 0 aliphatic heterocycles. The van der Waals surface area contributed by atoms with Gasteiger partial charge in [-0.15, -0.1) is 0 Å². The normalized spacial score (nSPS) is 10.9. The van der Waals surface area contributed by atoms with Crippen LogP contribution in [0.15, 0.2) is 40.9 Å². The van der Waals surface area contributed by atoms with Crippen LogP contribution in [-0.2, 0) is 0 Å². The van der Waals surface area contributed by atoms with Crippen molar-refractivity contribution >= 4 is 45.9 Å². The Balaban J connectivity index is 2.11. The molecule has 0 aliphatic carbocycles. The summed E-state index contributed by atoms with van der Waals surface area (Å²) in [7, 11) is 0. The molecular weight excluding hydrogens is 387 g/mol. The van der Waals surface area contributed by atoms with Gasteiger partial charge in [-0.2, -0.15) is 0 Å². The van der Waals surface area contributed by atoms with Crippen LogP contribution < -0.4 is 0 Å². The Morgan fingerprint density at radius 3 is 2.75 bits per heavy atom. The van der Waals surface area contributed by atoms with Crippen LogP contribution >= 0.6 is 15.9 Å². The molecule has 0 aliphatic rings. The molecule has 0 saturated heterocycles. The Hall–Kier alpha value is -1.49. The Morgan fingerprint density at radius 2 is 2.05 bits per heavy atom. The van der Waals surface area contributed by atoms with Gasteiger partial charge < -0.3 is 0 Å². The molecule has 2 aromatic carbocycles. The van der Waals surface area contributed by atoms with E-state index in [4.69, 9.17) is 0 Å². The third-order valence-electron chi connectivity index (χ3n) is 2.99. The second kappa shape index (κ2) is 5.13. The number of nitrogens with zero attached hydrogens (tertiary/aromatic N) is 2. The van der Waals surface area contributed by atoms with Crippen molar-refractivity contribution in [1.29, 1.82) is 0 Å². The quantitative estimate of drug-likeness (QED) is 0.375. The van der Waals surface area contributed by atoms with Crippen molar-refractivity contribution in [3.63, 3.8) is 0 Å². The van der Waals surface area contributed by atoms with E-state index >= 15 is 0 Å². The summed E-state index contributed by atoms with van der Waals surface area (Å²) in [6.45, 7) is 1.76. The van der Waals surface area contributed by atoms with E-state index in [-0.39, 0.29) is 25.1 Å². The van der Waals surface area contributed by atoms with Crippen molar-refractivity contribution in [1.82, 2.24) is 4.98 Å². The fraction of sp³-hybridized carbons (Fsp3) is 0.0714. The monoisotopic (exact) mass is 396 g/mol. The van der Waals surface area contributed by atoms with Gasteiger partial charge in [-0.05, 0) is 0 Å². The molecular formula is C14H9BrN2O2Se. The van der Waals surface area contributed by atoms with Gasteiger partial charge in [-0.25, -0.2) is 0 Å². The predicted molar refractivity (Wildman–Crippen MR) is 83.2 cm³/mol. The molecule has 0 amide bonds. The van der Waals surface area contributed by atoms with Crippen LogP contribution in [0.25, 0.3) is 19.9 Å². The first kappa shape index (κ1) is 13.5. The second-order valence-corrected chi connectivity index (χ2v) is 7.47. The number of benzene rings is 2. The third-order valence-corrected chi connectivity index (χ3v) is 5.76. The van der Waals surface area contributed by atoms with Crippen molar-refractivity contribution in [2.75, 3.05) is 0 Å². The summed E-state index contributed by atoms with van der Waals surface area (Å²) in [4.78, 5) is 15.1. The first-order valence-electron chi connectivity index (χ1n) is 5.86. The number of hydrogen-bond acceptors (Lipinski definition) is 3. The van der Waals surface area contributed by atoms with E-state index in [0.29, 0.717) is 5.56 Å². The zero-order valence-corrected chi connectivity index (χ0v) is 13.8. The number of halogens is 1. The molecule has 0 radical (unpaired) electrons. The van der Waals surface area contributed by atoms with Crippen molar-refractivity contribution in [3.8, 4) is 10.1 Å². The van der Waals surface area contributed by atoms with E-state index in [1.165, 1.54) is 4.26 Å². The number of aryl methyl sites for hydroxylation is 1. The minimum atomic E-state index is -0.355. The zero-order valence-electron chi connectivity index (χ0n) is 10.5. The molecule has 0 spiro atoms. The topological polar surface area (TPSA) is 56.0 Å². The number of aromatic nitrogens is 1. The average Bonchev–Trinajstić information content (AvgIpc) is 2.81. The number of fused-ring (bicyclic) bond motifs is 1. The number of nitro groups is 1. The molecule has 20 heavy (non-hydrogen) atoms. The van der Waals surface area contributed by atoms with E-state index < -0.39 is 0 Å². The molecule has 3 aromatic rings. The summed E-state index contributed by atoms with van der Waals surface area (Å²) in [5.74, 6) is 0. The van der Waals surface area contributed by atoms with Gasteiger partial charge in [0, 0.05) is 0 Å². The summed E-state index contributed by atoms with van der Waals surface area (Å²) < 4.78 is 3.27. The summed E-state index contributed by atoms with van der Waals surface area (Å²) in [5.41, 5.74) is 2.79. The second-order valence-electron chi connectivity index (χ2n) is 4.39. The van der Waals surface area contributed by atoms with Crippen molar-refractivity contribution < 1.29 is 4.92 Å². The van der Waals surface area contributed by atoms with Crippen molar-refractivity contribution in [2.45, 2.75) is 6.92 Å². The molecule has 4 nitrogen and oxygen atoms in total. The van der Waals surface area contributed by atoms with Gasteiger partial charge in [0.1, 0.15) is 0 Å². The van der Waals surface area contributed by atoms with Crippen molar-refractivity contribution in [3.05, 3.63) is 56.5 Å². The van der Waals surface area contributed by atoms with Crippen LogP contribution in [0.5, 0.6) is 0 Å². The maximum atomic E-state index is 10.8. The van der Waals surface area contributed by atoms with Crippen LogP contribution in [0, 0.1) is 17.0 Å². The van der Waals surface area contributed by atoms with E-state index in [1.807, 2.05) is 18.2 Å².